The molecule has 1 aliphatic heterocycles. The van der Waals surface area contributed by atoms with Crippen LogP contribution in [0.15, 0.2) is 18.2 Å². The van der Waals surface area contributed by atoms with Crippen molar-refractivity contribution in [3.63, 3.8) is 0 Å². The van der Waals surface area contributed by atoms with E-state index in [4.69, 9.17) is 4.74 Å². The summed E-state index contributed by atoms with van der Waals surface area (Å²) in [5.41, 5.74) is 2.72. The third-order valence-corrected chi connectivity index (χ3v) is 3.71. The number of nitrogens with one attached hydrogen (secondary N) is 2. The van der Waals surface area contributed by atoms with E-state index < -0.39 is 11.7 Å². The van der Waals surface area contributed by atoms with Gasteiger partial charge < -0.3 is 10.1 Å². The maximum atomic E-state index is 11.9. The maximum Gasteiger partial charge on any atom is 0.412 e. The summed E-state index contributed by atoms with van der Waals surface area (Å²) >= 11 is 0. The fourth-order valence-electron chi connectivity index (χ4n) is 2.60. The zero-order chi connectivity index (χ0) is 15.5. The second-order valence-corrected chi connectivity index (χ2v) is 6.73. The molecule has 0 radical (unpaired) electrons. The van der Waals surface area contributed by atoms with Crippen molar-refractivity contribution in [3.8, 4) is 0 Å². The largest absolute Gasteiger partial charge is 0.444 e. The number of rotatable bonds is 2. The van der Waals surface area contributed by atoms with Crippen molar-refractivity contribution in [1.29, 1.82) is 0 Å². The molecule has 4 heteroatoms. The number of carbonyl (C=O) groups excluding carboxylic acids is 1. The Labute approximate surface area is 127 Å². The molecule has 1 aromatic rings. The molecule has 1 aromatic carbocycles. The molecular formula is C17H26N2O2. The smallest absolute Gasteiger partial charge is 0.412 e. The number of hydrogen-bond acceptors (Lipinski definition) is 3. The van der Waals surface area contributed by atoms with Crippen molar-refractivity contribution in [2.24, 2.45) is 0 Å². The molecule has 1 heterocycles. The maximum absolute atomic E-state index is 11.9. The van der Waals surface area contributed by atoms with Gasteiger partial charge in [0.1, 0.15) is 5.60 Å². The van der Waals surface area contributed by atoms with E-state index in [1.165, 1.54) is 5.56 Å². The minimum Gasteiger partial charge on any atom is -0.444 e. The summed E-state index contributed by atoms with van der Waals surface area (Å²) in [5, 5.41) is 6.25. The van der Waals surface area contributed by atoms with Crippen LogP contribution in [0.2, 0.25) is 0 Å². The number of ether oxygens (including phenoxy) is 1. The molecule has 0 unspecified atom stereocenters. The van der Waals surface area contributed by atoms with Crippen LogP contribution in [0.4, 0.5) is 10.5 Å². The Morgan fingerprint density at radius 2 is 1.95 bits per heavy atom. The zero-order valence-electron chi connectivity index (χ0n) is 13.5. The van der Waals surface area contributed by atoms with E-state index in [0.29, 0.717) is 5.92 Å². The molecule has 0 aromatic heterocycles. The van der Waals surface area contributed by atoms with Gasteiger partial charge >= 0.3 is 6.09 Å². The molecule has 0 atom stereocenters. The lowest BCUT2D eigenvalue weighted by Gasteiger charge is -2.24. The average molecular weight is 290 g/mol. The van der Waals surface area contributed by atoms with Crippen molar-refractivity contribution in [3.05, 3.63) is 29.3 Å². The van der Waals surface area contributed by atoms with Crippen molar-refractivity contribution in [2.45, 2.75) is 52.1 Å². The highest BCUT2D eigenvalue weighted by atomic mass is 16.6. The van der Waals surface area contributed by atoms with Crippen LogP contribution in [0.5, 0.6) is 0 Å². The lowest BCUT2D eigenvalue weighted by Crippen LogP contribution is -2.28. The van der Waals surface area contributed by atoms with E-state index in [-0.39, 0.29) is 0 Å². The van der Waals surface area contributed by atoms with Crippen LogP contribution >= 0.6 is 0 Å². The van der Waals surface area contributed by atoms with Gasteiger partial charge in [-0.05, 0) is 76.7 Å². The lowest BCUT2D eigenvalue weighted by molar-refractivity contribution is 0.0636. The minimum absolute atomic E-state index is 0.395. The predicted molar refractivity (Wildman–Crippen MR) is 85.9 cm³/mol. The number of hydrogen-bond donors (Lipinski definition) is 2. The highest BCUT2D eigenvalue weighted by Crippen LogP contribution is 2.29. The molecule has 1 fully saturated rings. The van der Waals surface area contributed by atoms with Gasteiger partial charge in [0.05, 0.1) is 0 Å². The van der Waals surface area contributed by atoms with Gasteiger partial charge in [0.2, 0.25) is 0 Å². The van der Waals surface area contributed by atoms with Crippen molar-refractivity contribution >= 4 is 11.8 Å². The minimum atomic E-state index is -0.482. The van der Waals surface area contributed by atoms with Gasteiger partial charge in [0, 0.05) is 5.69 Å². The van der Waals surface area contributed by atoms with E-state index in [1.54, 1.807) is 0 Å². The van der Waals surface area contributed by atoms with Crippen molar-refractivity contribution in [1.82, 2.24) is 5.32 Å². The molecule has 116 valence electrons. The number of benzene rings is 1. The first-order chi connectivity index (χ1) is 9.85. The van der Waals surface area contributed by atoms with E-state index >= 15 is 0 Å². The quantitative estimate of drug-likeness (QED) is 0.871. The number of aryl methyl sites for hydroxylation is 1. The Morgan fingerprint density at radius 1 is 1.29 bits per heavy atom. The molecule has 0 aliphatic carbocycles. The summed E-state index contributed by atoms with van der Waals surface area (Å²) < 4.78 is 5.32. The number of carbonyl (C=O) groups is 1. The Hall–Kier alpha value is -1.55. The first-order valence-electron chi connectivity index (χ1n) is 7.66. The van der Waals surface area contributed by atoms with Crippen molar-refractivity contribution in [2.75, 3.05) is 18.4 Å². The molecule has 4 nitrogen and oxygen atoms in total. The third-order valence-electron chi connectivity index (χ3n) is 3.71. The van der Waals surface area contributed by atoms with Crippen LogP contribution in [0, 0.1) is 6.92 Å². The SMILES string of the molecule is Cc1ccc(C2CCNCC2)cc1NC(=O)OC(C)(C)C. The third kappa shape index (κ3) is 4.74. The van der Waals surface area contributed by atoms with Crippen LogP contribution in [0.3, 0.4) is 0 Å². The normalized spacial score (nSPS) is 16.6. The summed E-state index contributed by atoms with van der Waals surface area (Å²) in [6, 6.07) is 6.34. The number of piperidine rings is 1. The molecule has 0 saturated carbocycles. The van der Waals surface area contributed by atoms with Crippen LogP contribution in [0.25, 0.3) is 0 Å². The zero-order valence-corrected chi connectivity index (χ0v) is 13.5. The number of amides is 1. The molecule has 2 rings (SSSR count). The first-order valence-corrected chi connectivity index (χ1v) is 7.66. The summed E-state index contributed by atoms with van der Waals surface area (Å²) in [5.74, 6) is 0.575. The highest BCUT2D eigenvalue weighted by Gasteiger charge is 2.19. The van der Waals surface area contributed by atoms with Crippen molar-refractivity contribution < 1.29 is 9.53 Å². The monoisotopic (exact) mass is 290 g/mol. The summed E-state index contributed by atoms with van der Waals surface area (Å²) in [7, 11) is 0. The predicted octanol–water partition coefficient (Wildman–Crippen LogP) is 3.81. The van der Waals surface area contributed by atoms with Crippen LogP contribution in [0.1, 0.15) is 50.7 Å². The fraction of sp³-hybridized carbons (Fsp3) is 0.588. The molecular weight excluding hydrogens is 264 g/mol. The van der Waals surface area contributed by atoms with E-state index in [9.17, 15) is 4.79 Å². The average Bonchev–Trinajstić information content (AvgIpc) is 2.40. The fourth-order valence-corrected chi connectivity index (χ4v) is 2.60. The number of anilines is 1. The van der Waals surface area contributed by atoms with E-state index in [1.807, 2.05) is 27.7 Å². The summed E-state index contributed by atoms with van der Waals surface area (Å²) in [4.78, 5) is 11.9. The van der Waals surface area contributed by atoms with Gasteiger partial charge in [-0.1, -0.05) is 12.1 Å². The summed E-state index contributed by atoms with van der Waals surface area (Å²) in [6.45, 7) is 9.72. The topological polar surface area (TPSA) is 50.4 Å². The molecule has 0 bridgehead atoms. The Morgan fingerprint density at radius 3 is 2.57 bits per heavy atom. The molecule has 2 N–H and O–H groups in total. The van der Waals surface area contributed by atoms with Gasteiger partial charge in [-0.15, -0.1) is 0 Å². The molecule has 21 heavy (non-hydrogen) atoms. The Bertz CT molecular complexity index is 500. The molecule has 1 amide bonds. The Kier molecular flexibility index (Phi) is 4.88. The van der Waals surface area contributed by atoms with Gasteiger partial charge in [-0.25, -0.2) is 4.79 Å². The van der Waals surface area contributed by atoms with E-state index in [0.717, 1.165) is 37.2 Å². The molecule has 0 spiro atoms. The second kappa shape index (κ2) is 6.48. The van der Waals surface area contributed by atoms with E-state index in [2.05, 4.69) is 28.8 Å². The van der Waals surface area contributed by atoms with Gasteiger partial charge in [-0.3, -0.25) is 5.32 Å². The van der Waals surface area contributed by atoms with Crippen LogP contribution < -0.4 is 10.6 Å². The Balaban J connectivity index is 2.10. The van der Waals surface area contributed by atoms with Gasteiger partial charge in [-0.2, -0.15) is 0 Å². The molecule has 1 aliphatic rings. The summed E-state index contributed by atoms with van der Waals surface area (Å²) in [6.07, 6.45) is 1.90. The van der Waals surface area contributed by atoms with Crippen LogP contribution in [-0.4, -0.2) is 24.8 Å². The van der Waals surface area contributed by atoms with Gasteiger partial charge in [0.25, 0.3) is 0 Å². The van der Waals surface area contributed by atoms with Gasteiger partial charge in [0.15, 0.2) is 0 Å². The second-order valence-electron chi connectivity index (χ2n) is 6.73. The highest BCUT2D eigenvalue weighted by molar-refractivity contribution is 5.86. The lowest BCUT2D eigenvalue weighted by atomic mass is 9.89. The first kappa shape index (κ1) is 15.8. The standard InChI is InChI=1S/C17H26N2O2/c1-12-5-6-14(13-7-9-18-10-8-13)11-15(12)19-16(20)21-17(2,3)4/h5-6,11,13,18H,7-10H2,1-4H3,(H,19,20). The molecule has 1 saturated heterocycles. The van der Waals surface area contributed by atoms with Crippen LogP contribution in [-0.2, 0) is 4.74 Å².